The number of rotatable bonds is 1. The first kappa shape index (κ1) is 16.8. The van der Waals surface area contributed by atoms with E-state index in [1.165, 1.54) is 0 Å². The van der Waals surface area contributed by atoms with Crippen molar-refractivity contribution >= 4 is 34.8 Å². The number of nitrogens with one attached hydrogen (secondary N) is 3. The Morgan fingerprint density at radius 1 is 1.36 bits per heavy atom. The van der Waals surface area contributed by atoms with E-state index in [4.69, 9.17) is 28.6 Å². The molecule has 0 radical (unpaired) electrons. The molecule has 1 aromatic carbocycles. The van der Waals surface area contributed by atoms with Gasteiger partial charge in [-0.2, -0.15) is 0 Å². The van der Waals surface area contributed by atoms with Crippen LogP contribution in [0, 0.1) is 5.92 Å². The minimum Gasteiger partial charge on any atom is -0.492 e. The second-order valence-corrected chi connectivity index (χ2v) is 7.13. The Balaban J connectivity index is 1.88. The van der Waals surface area contributed by atoms with Crippen molar-refractivity contribution in [3.8, 4) is 5.75 Å². The highest BCUT2D eigenvalue weighted by molar-refractivity contribution is 7.80. The summed E-state index contributed by atoms with van der Waals surface area (Å²) in [5.41, 5.74) is 6.10. The van der Waals surface area contributed by atoms with E-state index in [-0.39, 0.29) is 17.4 Å². The maximum absolute atomic E-state index is 12.2. The molecule has 3 N–H and O–H groups in total. The molecule has 0 spiro atoms. The van der Waals surface area contributed by atoms with Crippen LogP contribution in [0.5, 0.6) is 5.75 Å². The van der Waals surface area contributed by atoms with Crippen molar-refractivity contribution in [2.45, 2.75) is 32.7 Å². The standard InChI is InChI=1S/C15H20ClN3O2S/c1-15(2,3)17-14(22)19-18-13(20)10-6-9-7-11(16)4-5-12(9)21-8-10/h4-5,7,10H,6,8H2,1-3H3,(H,18,20)(H2,17,19,22)/t10-/m1/s1. The van der Waals surface area contributed by atoms with E-state index in [9.17, 15) is 4.79 Å². The van der Waals surface area contributed by atoms with E-state index < -0.39 is 0 Å². The molecule has 2 rings (SSSR count). The lowest BCUT2D eigenvalue weighted by Gasteiger charge is -2.26. The number of thiocarbonyl (C=S) groups is 1. The monoisotopic (exact) mass is 341 g/mol. The molecule has 0 saturated heterocycles. The fourth-order valence-electron chi connectivity index (χ4n) is 2.12. The summed E-state index contributed by atoms with van der Waals surface area (Å²) in [6.45, 7) is 6.29. The molecule has 0 fully saturated rings. The minimum atomic E-state index is -0.282. The first-order chi connectivity index (χ1) is 10.2. The summed E-state index contributed by atoms with van der Waals surface area (Å²) in [6.07, 6.45) is 0.586. The van der Waals surface area contributed by atoms with Gasteiger partial charge in [-0.15, -0.1) is 0 Å². The van der Waals surface area contributed by atoms with Crippen LogP contribution < -0.4 is 20.9 Å². The lowest BCUT2D eigenvalue weighted by Crippen LogP contribution is -2.54. The predicted octanol–water partition coefficient (Wildman–Crippen LogP) is 2.18. The van der Waals surface area contributed by atoms with Gasteiger partial charge >= 0.3 is 0 Å². The van der Waals surface area contributed by atoms with E-state index in [0.29, 0.717) is 23.2 Å². The van der Waals surface area contributed by atoms with E-state index in [2.05, 4.69) is 16.2 Å². The van der Waals surface area contributed by atoms with Gasteiger partial charge < -0.3 is 10.1 Å². The fourth-order valence-corrected chi connectivity index (χ4v) is 2.68. The van der Waals surface area contributed by atoms with Crippen molar-refractivity contribution < 1.29 is 9.53 Å². The average Bonchev–Trinajstić information content (AvgIpc) is 2.42. The number of hydrogen-bond acceptors (Lipinski definition) is 3. The number of ether oxygens (including phenoxy) is 1. The summed E-state index contributed by atoms with van der Waals surface area (Å²) in [5, 5.41) is 4.07. The van der Waals surface area contributed by atoms with Crippen molar-refractivity contribution in [3.05, 3.63) is 28.8 Å². The zero-order valence-electron chi connectivity index (χ0n) is 12.8. The Morgan fingerprint density at radius 3 is 2.77 bits per heavy atom. The van der Waals surface area contributed by atoms with Gasteiger partial charge in [-0.25, -0.2) is 0 Å². The van der Waals surface area contributed by atoms with Crippen LogP contribution in [0.15, 0.2) is 18.2 Å². The molecule has 22 heavy (non-hydrogen) atoms. The second kappa shape index (κ2) is 6.71. The van der Waals surface area contributed by atoms with Crippen molar-refractivity contribution in [1.29, 1.82) is 0 Å². The van der Waals surface area contributed by atoms with Crippen LogP contribution in [-0.4, -0.2) is 23.2 Å². The first-order valence-corrected chi connectivity index (χ1v) is 7.82. The van der Waals surface area contributed by atoms with E-state index in [1.807, 2.05) is 32.9 Å². The number of benzene rings is 1. The summed E-state index contributed by atoms with van der Waals surface area (Å²) in [5.74, 6) is 0.339. The van der Waals surface area contributed by atoms with Gasteiger partial charge in [0.15, 0.2) is 5.11 Å². The van der Waals surface area contributed by atoms with Crippen LogP contribution in [0.4, 0.5) is 0 Å². The highest BCUT2D eigenvalue weighted by Crippen LogP contribution is 2.29. The fraction of sp³-hybridized carbons (Fsp3) is 0.467. The number of amides is 1. The van der Waals surface area contributed by atoms with Gasteiger partial charge in [0.1, 0.15) is 12.4 Å². The number of carbonyl (C=O) groups is 1. The van der Waals surface area contributed by atoms with Gasteiger partial charge in [0.05, 0.1) is 5.92 Å². The number of hydrazine groups is 1. The molecule has 0 aliphatic carbocycles. The Labute approximate surface area is 140 Å². The van der Waals surface area contributed by atoms with Crippen molar-refractivity contribution in [2.75, 3.05) is 6.61 Å². The average molecular weight is 342 g/mol. The number of hydrogen-bond donors (Lipinski definition) is 3. The van der Waals surface area contributed by atoms with E-state index in [1.54, 1.807) is 6.07 Å². The molecule has 1 heterocycles. The molecule has 1 amide bonds. The highest BCUT2D eigenvalue weighted by Gasteiger charge is 2.26. The third kappa shape index (κ3) is 4.74. The normalized spacial score (nSPS) is 17.0. The van der Waals surface area contributed by atoms with Gasteiger partial charge in [0.2, 0.25) is 5.91 Å². The molecule has 1 aliphatic rings. The lowest BCUT2D eigenvalue weighted by atomic mass is 9.96. The van der Waals surface area contributed by atoms with E-state index >= 15 is 0 Å². The molecule has 0 aromatic heterocycles. The largest absolute Gasteiger partial charge is 0.492 e. The Kier molecular flexibility index (Phi) is 5.13. The predicted molar refractivity (Wildman–Crippen MR) is 90.9 cm³/mol. The molecule has 0 saturated carbocycles. The quantitative estimate of drug-likeness (QED) is 0.540. The third-order valence-corrected chi connectivity index (χ3v) is 3.53. The zero-order valence-corrected chi connectivity index (χ0v) is 14.4. The summed E-state index contributed by atoms with van der Waals surface area (Å²) in [4.78, 5) is 12.2. The smallest absolute Gasteiger partial charge is 0.245 e. The summed E-state index contributed by atoms with van der Waals surface area (Å²) in [6, 6.07) is 5.43. The molecule has 1 atom stereocenters. The minimum absolute atomic E-state index is 0.163. The van der Waals surface area contributed by atoms with Crippen LogP contribution in [0.1, 0.15) is 26.3 Å². The van der Waals surface area contributed by atoms with Gasteiger partial charge in [0, 0.05) is 10.6 Å². The molecule has 0 unspecified atom stereocenters. The molecular weight excluding hydrogens is 322 g/mol. The zero-order chi connectivity index (χ0) is 16.3. The molecular formula is C15H20ClN3O2S. The van der Waals surface area contributed by atoms with Crippen LogP contribution in [0.3, 0.4) is 0 Å². The Morgan fingerprint density at radius 2 is 2.09 bits per heavy atom. The Hall–Kier alpha value is -1.53. The van der Waals surface area contributed by atoms with Gasteiger partial charge in [0.25, 0.3) is 0 Å². The van der Waals surface area contributed by atoms with Crippen LogP contribution >= 0.6 is 23.8 Å². The SMILES string of the molecule is CC(C)(C)NC(=S)NNC(=O)[C@H]1COc2ccc(Cl)cc2C1. The molecule has 0 bridgehead atoms. The van der Waals surface area contributed by atoms with Crippen LogP contribution in [0.2, 0.25) is 5.02 Å². The highest BCUT2D eigenvalue weighted by atomic mass is 35.5. The maximum atomic E-state index is 12.2. The Bertz CT molecular complexity index is 587. The molecule has 5 nitrogen and oxygen atoms in total. The summed E-state index contributed by atoms with van der Waals surface area (Å²) in [7, 11) is 0. The third-order valence-electron chi connectivity index (χ3n) is 3.09. The van der Waals surface area contributed by atoms with Gasteiger partial charge in [-0.05, 0) is 63.2 Å². The van der Waals surface area contributed by atoms with Crippen molar-refractivity contribution in [2.24, 2.45) is 5.92 Å². The van der Waals surface area contributed by atoms with Crippen LogP contribution in [0.25, 0.3) is 0 Å². The lowest BCUT2D eigenvalue weighted by molar-refractivity contribution is -0.126. The van der Waals surface area contributed by atoms with Crippen LogP contribution in [-0.2, 0) is 11.2 Å². The molecule has 7 heteroatoms. The number of fused-ring (bicyclic) bond motifs is 1. The number of halogens is 1. The van der Waals surface area contributed by atoms with Gasteiger partial charge in [-0.1, -0.05) is 11.6 Å². The van der Waals surface area contributed by atoms with E-state index in [0.717, 1.165) is 11.3 Å². The summed E-state index contributed by atoms with van der Waals surface area (Å²) >= 11 is 11.1. The van der Waals surface area contributed by atoms with Gasteiger partial charge in [-0.3, -0.25) is 15.6 Å². The molecule has 1 aromatic rings. The maximum Gasteiger partial charge on any atom is 0.245 e. The first-order valence-electron chi connectivity index (χ1n) is 7.04. The van der Waals surface area contributed by atoms with Crippen molar-refractivity contribution in [1.82, 2.24) is 16.2 Å². The van der Waals surface area contributed by atoms with Crippen molar-refractivity contribution in [3.63, 3.8) is 0 Å². The summed E-state index contributed by atoms with van der Waals surface area (Å²) < 4.78 is 5.60. The number of carbonyl (C=O) groups excluding carboxylic acids is 1. The second-order valence-electron chi connectivity index (χ2n) is 6.28. The molecule has 1 aliphatic heterocycles. The molecule has 120 valence electrons. The topological polar surface area (TPSA) is 62.4 Å².